The maximum Gasteiger partial charge on any atom is 0.360 e. The first-order valence-electron chi connectivity index (χ1n) is 6.50. The number of ether oxygens (including phenoxy) is 1. The molecule has 20 heavy (non-hydrogen) atoms. The van der Waals surface area contributed by atoms with E-state index in [9.17, 15) is 13.2 Å². The SMILES string of the molecule is CC(C)CCOC(=O)c1n[nH]c(C2CC2)c1S(=O)(=O)Cl. The van der Waals surface area contributed by atoms with Crippen LogP contribution in [0.2, 0.25) is 0 Å². The van der Waals surface area contributed by atoms with Gasteiger partial charge in [0.25, 0.3) is 9.05 Å². The maximum atomic E-state index is 11.9. The minimum Gasteiger partial charge on any atom is -0.461 e. The fraction of sp³-hybridized carbons (Fsp3) is 0.667. The first-order chi connectivity index (χ1) is 9.30. The highest BCUT2D eigenvalue weighted by molar-refractivity contribution is 8.13. The van der Waals surface area contributed by atoms with E-state index in [1.807, 2.05) is 13.8 Å². The van der Waals surface area contributed by atoms with Crippen LogP contribution in [0.5, 0.6) is 0 Å². The number of esters is 1. The molecule has 0 aliphatic heterocycles. The molecule has 2 rings (SSSR count). The summed E-state index contributed by atoms with van der Waals surface area (Å²) in [4.78, 5) is 11.7. The summed E-state index contributed by atoms with van der Waals surface area (Å²) in [5.41, 5.74) is 0.168. The van der Waals surface area contributed by atoms with E-state index in [2.05, 4.69) is 10.2 Å². The van der Waals surface area contributed by atoms with Gasteiger partial charge in [-0.15, -0.1) is 0 Å². The Balaban J connectivity index is 2.21. The molecule has 112 valence electrons. The molecular formula is C12H17ClN2O4S. The number of hydrogen-bond donors (Lipinski definition) is 1. The summed E-state index contributed by atoms with van der Waals surface area (Å²) in [6.07, 6.45) is 2.43. The van der Waals surface area contributed by atoms with Crippen molar-refractivity contribution in [1.82, 2.24) is 10.2 Å². The van der Waals surface area contributed by atoms with E-state index in [1.165, 1.54) is 0 Å². The summed E-state index contributed by atoms with van der Waals surface area (Å²) in [7, 11) is 1.38. The Labute approximate surface area is 122 Å². The maximum absolute atomic E-state index is 11.9. The Bertz CT molecular complexity index is 605. The zero-order valence-electron chi connectivity index (χ0n) is 11.3. The molecule has 0 spiro atoms. The quantitative estimate of drug-likeness (QED) is 0.642. The molecule has 8 heteroatoms. The van der Waals surface area contributed by atoms with Crippen molar-refractivity contribution in [3.63, 3.8) is 0 Å². The number of rotatable bonds is 6. The number of aromatic nitrogens is 2. The Morgan fingerprint density at radius 1 is 1.50 bits per heavy atom. The van der Waals surface area contributed by atoms with E-state index in [0.29, 0.717) is 18.0 Å². The van der Waals surface area contributed by atoms with E-state index in [1.54, 1.807) is 0 Å². The Hall–Kier alpha value is -1.08. The highest BCUT2D eigenvalue weighted by Crippen LogP contribution is 2.43. The average molecular weight is 321 g/mol. The predicted molar refractivity (Wildman–Crippen MR) is 73.3 cm³/mol. The van der Waals surface area contributed by atoms with Gasteiger partial charge >= 0.3 is 5.97 Å². The zero-order valence-corrected chi connectivity index (χ0v) is 12.9. The van der Waals surface area contributed by atoms with E-state index in [-0.39, 0.29) is 23.1 Å². The molecule has 1 aromatic heterocycles. The number of aromatic amines is 1. The van der Waals surface area contributed by atoms with Crippen LogP contribution in [-0.2, 0) is 13.8 Å². The lowest BCUT2D eigenvalue weighted by atomic mass is 10.1. The minimum atomic E-state index is -4.03. The van der Waals surface area contributed by atoms with Crippen LogP contribution in [0.3, 0.4) is 0 Å². The monoisotopic (exact) mass is 320 g/mol. The number of nitrogens with zero attached hydrogens (tertiary/aromatic N) is 1. The summed E-state index contributed by atoms with van der Waals surface area (Å²) in [6.45, 7) is 4.23. The van der Waals surface area contributed by atoms with Gasteiger partial charge in [0.05, 0.1) is 12.3 Å². The van der Waals surface area contributed by atoms with Gasteiger partial charge < -0.3 is 4.74 Å². The number of hydrogen-bond acceptors (Lipinski definition) is 5. The molecule has 1 heterocycles. The van der Waals surface area contributed by atoms with Crippen molar-refractivity contribution in [1.29, 1.82) is 0 Å². The molecule has 6 nitrogen and oxygen atoms in total. The molecule has 1 aliphatic carbocycles. The first kappa shape index (κ1) is 15.3. The molecule has 0 unspecified atom stereocenters. The molecule has 0 radical (unpaired) electrons. The predicted octanol–water partition coefficient (Wildman–Crippen LogP) is 2.42. The molecular weight excluding hydrogens is 304 g/mol. The van der Waals surface area contributed by atoms with Gasteiger partial charge in [-0.1, -0.05) is 13.8 Å². The fourth-order valence-corrected chi connectivity index (χ4v) is 3.14. The smallest absolute Gasteiger partial charge is 0.360 e. The topological polar surface area (TPSA) is 89.1 Å². The van der Waals surface area contributed by atoms with Crippen molar-refractivity contribution < 1.29 is 17.9 Å². The van der Waals surface area contributed by atoms with Gasteiger partial charge in [-0.05, 0) is 25.2 Å². The zero-order chi connectivity index (χ0) is 14.9. The van der Waals surface area contributed by atoms with E-state index < -0.39 is 15.0 Å². The lowest BCUT2D eigenvalue weighted by molar-refractivity contribution is 0.0476. The molecule has 0 bridgehead atoms. The molecule has 0 atom stereocenters. The molecule has 1 saturated carbocycles. The van der Waals surface area contributed by atoms with Crippen LogP contribution in [0.1, 0.15) is 55.2 Å². The highest BCUT2D eigenvalue weighted by atomic mass is 35.7. The van der Waals surface area contributed by atoms with Gasteiger partial charge in [0.1, 0.15) is 4.90 Å². The van der Waals surface area contributed by atoms with Crippen molar-refractivity contribution in [3.05, 3.63) is 11.4 Å². The normalized spacial score (nSPS) is 15.6. The molecule has 1 N–H and O–H groups in total. The molecule has 1 aromatic rings. The number of halogens is 1. The van der Waals surface area contributed by atoms with Crippen molar-refractivity contribution in [2.45, 2.75) is 43.9 Å². The molecule has 1 fully saturated rings. The van der Waals surface area contributed by atoms with E-state index in [4.69, 9.17) is 15.4 Å². The van der Waals surface area contributed by atoms with Gasteiger partial charge in [0.15, 0.2) is 5.69 Å². The fourth-order valence-electron chi connectivity index (χ4n) is 1.83. The largest absolute Gasteiger partial charge is 0.461 e. The Kier molecular flexibility index (Phi) is 4.39. The summed E-state index contributed by atoms with van der Waals surface area (Å²) >= 11 is 0. The van der Waals surface area contributed by atoms with Crippen LogP contribution < -0.4 is 0 Å². The number of carbonyl (C=O) groups is 1. The Morgan fingerprint density at radius 2 is 2.15 bits per heavy atom. The van der Waals surface area contributed by atoms with Gasteiger partial charge in [0, 0.05) is 16.6 Å². The summed E-state index contributed by atoms with van der Waals surface area (Å²) in [5, 5.41) is 6.39. The van der Waals surface area contributed by atoms with Crippen LogP contribution in [0, 0.1) is 5.92 Å². The van der Waals surface area contributed by atoms with Crippen molar-refractivity contribution >= 4 is 25.7 Å². The Morgan fingerprint density at radius 3 is 2.65 bits per heavy atom. The van der Waals surface area contributed by atoms with Crippen molar-refractivity contribution in [2.24, 2.45) is 5.92 Å². The van der Waals surface area contributed by atoms with Crippen molar-refractivity contribution in [3.8, 4) is 0 Å². The average Bonchev–Trinajstić information content (AvgIpc) is 3.05. The second-order valence-corrected chi connectivity index (χ2v) is 7.85. The minimum absolute atomic E-state index is 0.0863. The van der Waals surface area contributed by atoms with Crippen LogP contribution >= 0.6 is 10.7 Å². The highest BCUT2D eigenvalue weighted by Gasteiger charge is 2.36. The van der Waals surface area contributed by atoms with Gasteiger partial charge in [-0.25, -0.2) is 13.2 Å². The lowest BCUT2D eigenvalue weighted by Crippen LogP contribution is -2.12. The molecule has 0 aromatic carbocycles. The van der Waals surface area contributed by atoms with Crippen LogP contribution in [0.25, 0.3) is 0 Å². The second-order valence-electron chi connectivity index (χ2n) is 5.35. The number of nitrogens with one attached hydrogen (secondary N) is 1. The number of H-pyrrole nitrogens is 1. The van der Waals surface area contributed by atoms with Gasteiger partial charge in [-0.2, -0.15) is 5.10 Å². The summed E-state index contributed by atoms with van der Waals surface area (Å²) in [6, 6.07) is 0. The van der Waals surface area contributed by atoms with E-state index >= 15 is 0 Å². The van der Waals surface area contributed by atoms with Gasteiger partial charge in [0.2, 0.25) is 0 Å². The second kappa shape index (κ2) is 5.73. The third-order valence-corrected chi connectivity index (χ3v) is 4.46. The third kappa shape index (κ3) is 3.52. The third-order valence-electron chi connectivity index (χ3n) is 3.10. The van der Waals surface area contributed by atoms with Crippen molar-refractivity contribution in [2.75, 3.05) is 6.61 Å². The molecule has 0 saturated heterocycles. The number of carbonyl (C=O) groups excluding carboxylic acids is 1. The van der Waals surface area contributed by atoms with Crippen LogP contribution in [0.15, 0.2) is 4.90 Å². The van der Waals surface area contributed by atoms with Crippen LogP contribution in [0.4, 0.5) is 0 Å². The van der Waals surface area contributed by atoms with Gasteiger partial charge in [-0.3, -0.25) is 5.10 Å². The first-order valence-corrected chi connectivity index (χ1v) is 8.81. The van der Waals surface area contributed by atoms with E-state index in [0.717, 1.165) is 12.8 Å². The standard InChI is InChI=1S/C12H17ClN2O4S/c1-7(2)5-6-19-12(16)10-11(20(13,17)18)9(14-15-10)8-3-4-8/h7-8H,3-6H2,1-2H3,(H,14,15). The lowest BCUT2D eigenvalue weighted by Gasteiger charge is -2.06. The van der Waals surface area contributed by atoms with Crippen LogP contribution in [-0.4, -0.2) is 31.2 Å². The molecule has 0 amide bonds. The molecule has 1 aliphatic rings. The summed E-state index contributed by atoms with van der Waals surface area (Å²) in [5.74, 6) is -0.281. The summed E-state index contributed by atoms with van der Waals surface area (Å²) < 4.78 is 28.3.